The van der Waals surface area contributed by atoms with Crippen molar-refractivity contribution in [1.29, 1.82) is 0 Å². The number of aryl methyl sites for hydroxylation is 2. The number of nitrogens with one attached hydrogen (secondary N) is 2. The first-order valence-corrected chi connectivity index (χ1v) is 8.42. The molecule has 26 heavy (non-hydrogen) atoms. The van der Waals surface area contributed by atoms with Crippen LogP contribution in [-0.2, 0) is 13.1 Å². The van der Waals surface area contributed by atoms with E-state index >= 15 is 0 Å². The first-order chi connectivity index (χ1) is 12.6. The molecule has 0 aliphatic rings. The number of nitrogens with zero attached hydrogens (tertiary/aromatic N) is 3. The van der Waals surface area contributed by atoms with Crippen LogP contribution in [0.1, 0.15) is 32.9 Å². The average Bonchev–Trinajstić information content (AvgIpc) is 2.66. The first kappa shape index (κ1) is 17.5. The Morgan fingerprint density at radius 3 is 2.35 bits per heavy atom. The molecule has 6 nitrogen and oxygen atoms in total. The number of aromatic nitrogens is 3. The fraction of sp³-hybridized carbons (Fsp3) is 0.200. The van der Waals surface area contributed by atoms with Gasteiger partial charge in [-0.1, -0.05) is 29.8 Å². The number of amides is 1. The van der Waals surface area contributed by atoms with Gasteiger partial charge in [-0.3, -0.25) is 9.78 Å². The van der Waals surface area contributed by atoms with Crippen LogP contribution in [0.3, 0.4) is 0 Å². The summed E-state index contributed by atoms with van der Waals surface area (Å²) < 4.78 is 0. The fourth-order valence-corrected chi connectivity index (χ4v) is 2.42. The van der Waals surface area contributed by atoms with Crippen molar-refractivity contribution in [3.63, 3.8) is 0 Å². The summed E-state index contributed by atoms with van der Waals surface area (Å²) in [6.45, 7) is 4.90. The minimum atomic E-state index is -0.219. The summed E-state index contributed by atoms with van der Waals surface area (Å²) in [5, 5.41) is 6.04. The Morgan fingerprint density at radius 2 is 1.62 bits per heavy atom. The molecule has 0 saturated carbocycles. The Morgan fingerprint density at radius 1 is 0.923 bits per heavy atom. The highest BCUT2D eigenvalue weighted by Gasteiger charge is 2.10. The summed E-state index contributed by atoms with van der Waals surface area (Å²) in [5.74, 6) is 0.213. The van der Waals surface area contributed by atoms with Crippen LogP contribution in [0.25, 0.3) is 0 Å². The number of anilines is 1. The van der Waals surface area contributed by atoms with Crippen molar-refractivity contribution in [1.82, 2.24) is 20.3 Å². The van der Waals surface area contributed by atoms with Crippen LogP contribution in [0.15, 0.2) is 54.9 Å². The molecule has 0 saturated heterocycles. The normalized spacial score (nSPS) is 10.4. The number of hydrogen-bond donors (Lipinski definition) is 2. The molecule has 0 atom stereocenters. The highest BCUT2D eigenvalue weighted by Crippen LogP contribution is 2.08. The van der Waals surface area contributed by atoms with E-state index in [9.17, 15) is 4.79 Å². The quantitative estimate of drug-likeness (QED) is 0.716. The zero-order valence-electron chi connectivity index (χ0n) is 14.9. The smallest absolute Gasteiger partial charge is 0.270 e. The summed E-state index contributed by atoms with van der Waals surface area (Å²) in [6.07, 6.45) is 3.47. The Kier molecular flexibility index (Phi) is 5.53. The number of hydrogen-bond acceptors (Lipinski definition) is 5. The average molecular weight is 347 g/mol. The third kappa shape index (κ3) is 4.86. The predicted molar refractivity (Wildman–Crippen MR) is 101 cm³/mol. The van der Waals surface area contributed by atoms with E-state index in [4.69, 9.17) is 0 Å². The van der Waals surface area contributed by atoms with Gasteiger partial charge in [0.25, 0.3) is 5.91 Å². The maximum absolute atomic E-state index is 12.4. The molecule has 0 aliphatic heterocycles. The first-order valence-electron chi connectivity index (χ1n) is 8.42. The molecule has 0 fully saturated rings. The molecule has 1 aromatic carbocycles. The highest BCUT2D eigenvalue weighted by atomic mass is 16.1. The summed E-state index contributed by atoms with van der Waals surface area (Å²) in [4.78, 5) is 25.1. The second-order valence-electron chi connectivity index (χ2n) is 6.10. The number of carbonyl (C=O) groups excluding carboxylic acids is 1. The number of rotatable bonds is 6. The van der Waals surface area contributed by atoms with Gasteiger partial charge in [0, 0.05) is 31.2 Å². The standard InChI is InChI=1S/C20H21N5O/c1-14-3-5-16(6-4-14)12-22-19(26)18-11-15(2)24-20(25-18)23-13-17-7-9-21-10-8-17/h3-11H,12-13H2,1-2H3,(H,22,26)(H,23,24,25). The second kappa shape index (κ2) is 8.20. The van der Waals surface area contributed by atoms with Crippen molar-refractivity contribution in [2.75, 3.05) is 5.32 Å². The van der Waals surface area contributed by atoms with Crippen LogP contribution in [0, 0.1) is 13.8 Å². The van der Waals surface area contributed by atoms with E-state index in [2.05, 4.69) is 25.6 Å². The summed E-state index contributed by atoms with van der Waals surface area (Å²) >= 11 is 0. The van der Waals surface area contributed by atoms with E-state index in [1.807, 2.05) is 50.2 Å². The van der Waals surface area contributed by atoms with Crippen LogP contribution in [0.2, 0.25) is 0 Å². The van der Waals surface area contributed by atoms with Gasteiger partial charge in [-0.25, -0.2) is 9.97 Å². The molecule has 3 aromatic rings. The van der Waals surface area contributed by atoms with Gasteiger partial charge in [0.15, 0.2) is 0 Å². The molecule has 132 valence electrons. The lowest BCUT2D eigenvalue weighted by Gasteiger charge is -2.09. The molecule has 0 unspecified atom stereocenters. The SMILES string of the molecule is Cc1ccc(CNC(=O)c2cc(C)nc(NCc3ccncc3)n2)cc1. The zero-order valence-corrected chi connectivity index (χ0v) is 14.9. The number of benzene rings is 1. The molecule has 0 bridgehead atoms. The second-order valence-corrected chi connectivity index (χ2v) is 6.10. The molecule has 0 aliphatic carbocycles. The number of pyridine rings is 1. The fourth-order valence-electron chi connectivity index (χ4n) is 2.42. The lowest BCUT2D eigenvalue weighted by atomic mass is 10.1. The van der Waals surface area contributed by atoms with Crippen molar-refractivity contribution in [3.8, 4) is 0 Å². The van der Waals surface area contributed by atoms with Crippen LogP contribution in [-0.4, -0.2) is 20.9 Å². The highest BCUT2D eigenvalue weighted by molar-refractivity contribution is 5.92. The van der Waals surface area contributed by atoms with Gasteiger partial charge in [-0.2, -0.15) is 0 Å². The molecule has 0 spiro atoms. The van der Waals surface area contributed by atoms with Gasteiger partial charge in [0.2, 0.25) is 5.95 Å². The van der Waals surface area contributed by atoms with Crippen LogP contribution in [0.5, 0.6) is 0 Å². The van der Waals surface area contributed by atoms with E-state index in [-0.39, 0.29) is 5.91 Å². The van der Waals surface area contributed by atoms with E-state index in [0.717, 1.165) is 16.8 Å². The molecule has 2 aromatic heterocycles. The molecule has 2 N–H and O–H groups in total. The van der Waals surface area contributed by atoms with Gasteiger partial charge in [-0.15, -0.1) is 0 Å². The molecular formula is C20H21N5O. The van der Waals surface area contributed by atoms with Gasteiger partial charge >= 0.3 is 0 Å². The Hall–Kier alpha value is -3.28. The Balaban J connectivity index is 1.64. The largest absolute Gasteiger partial charge is 0.350 e. The summed E-state index contributed by atoms with van der Waals surface area (Å²) in [7, 11) is 0. The molecule has 1 amide bonds. The van der Waals surface area contributed by atoms with Crippen molar-refractivity contribution in [2.24, 2.45) is 0 Å². The van der Waals surface area contributed by atoms with Gasteiger partial charge in [0.1, 0.15) is 5.69 Å². The molecule has 3 rings (SSSR count). The van der Waals surface area contributed by atoms with E-state index in [1.54, 1.807) is 18.5 Å². The third-order valence-corrected chi connectivity index (χ3v) is 3.86. The minimum Gasteiger partial charge on any atom is -0.350 e. The Bertz CT molecular complexity index is 878. The maximum atomic E-state index is 12.4. The molecule has 6 heteroatoms. The zero-order chi connectivity index (χ0) is 18.4. The molecule has 2 heterocycles. The van der Waals surface area contributed by atoms with Gasteiger partial charge in [0.05, 0.1) is 0 Å². The van der Waals surface area contributed by atoms with Crippen LogP contribution < -0.4 is 10.6 Å². The topological polar surface area (TPSA) is 79.8 Å². The van der Waals surface area contributed by atoms with Gasteiger partial charge in [-0.05, 0) is 43.2 Å². The van der Waals surface area contributed by atoms with Crippen molar-refractivity contribution in [3.05, 3.63) is 82.9 Å². The van der Waals surface area contributed by atoms with Gasteiger partial charge < -0.3 is 10.6 Å². The third-order valence-electron chi connectivity index (χ3n) is 3.86. The van der Waals surface area contributed by atoms with Crippen LogP contribution >= 0.6 is 0 Å². The Labute approximate surface area is 152 Å². The molecule has 0 radical (unpaired) electrons. The lowest BCUT2D eigenvalue weighted by Crippen LogP contribution is -2.24. The molecular weight excluding hydrogens is 326 g/mol. The van der Waals surface area contributed by atoms with Crippen molar-refractivity contribution >= 4 is 11.9 Å². The minimum absolute atomic E-state index is 0.219. The predicted octanol–water partition coefficient (Wildman–Crippen LogP) is 3.03. The van der Waals surface area contributed by atoms with Crippen LogP contribution in [0.4, 0.5) is 5.95 Å². The summed E-state index contributed by atoms with van der Waals surface area (Å²) in [5.41, 5.74) is 4.39. The van der Waals surface area contributed by atoms with E-state index in [1.165, 1.54) is 5.56 Å². The van der Waals surface area contributed by atoms with E-state index in [0.29, 0.717) is 24.7 Å². The maximum Gasteiger partial charge on any atom is 0.270 e. The number of carbonyl (C=O) groups is 1. The van der Waals surface area contributed by atoms with E-state index < -0.39 is 0 Å². The van der Waals surface area contributed by atoms with Crippen molar-refractivity contribution < 1.29 is 4.79 Å². The monoisotopic (exact) mass is 347 g/mol. The summed E-state index contributed by atoms with van der Waals surface area (Å²) in [6, 6.07) is 13.6. The van der Waals surface area contributed by atoms with Crippen molar-refractivity contribution in [2.45, 2.75) is 26.9 Å². The lowest BCUT2D eigenvalue weighted by molar-refractivity contribution is 0.0945.